The van der Waals surface area contributed by atoms with Gasteiger partial charge in [-0.15, -0.1) is 0 Å². The number of ketones is 1. The van der Waals surface area contributed by atoms with E-state index in [0.29, 0.717) is 18.4 Å². The van der Waals surface area contributed by atoms with Crippen LogP contribution in [0.1, 0.15) is 67.3 Å². The lowest BCUT2D eigenvalue weighted by atomic mass is 10.0. The molecule has 0 unspecified atom stereocenters. The molecular weight excluding hydrogens is 322 g/mol. The van der Waals surface area contributed by atoms with Crippen LogP contribution in [-0.2, 0) is 9.59 Å². The van der Waals surface area contributed by atoms with Crippen molar-refractivity contribution in [3.63, 3.8) is 0 Å². The van der Waals surface area contributed by atoms with Crippen LogP contribution >= 0.6 is 0 Å². The lowest BCUT2D eigenvalue weighted by molar-refractivity contribution is -0.137. The Kier molecular flexibility index (Phi) is 9.29. The van der Waals surface area contributed by atoms with E-state index in [1.165, 1.54) is 0 Å². The van der Waals surface area contributed by atoms with Crippen LogP contribution in [0.15, 0.2) is 18.2 Å². The predicted molar refractivity (Wildman–Crippen MR) is 94.8 cm³/mol. The SMILES string of the molecule is Cc1ccc(O)c(C(=O)CCCCCCCCC(=O)NCC(=O)O)c1. The summed E-state index contributed by atoms with van der Waals surface area (Å²) in [5, 5.41) is 20.5. The van der Waals surface area contributed by atoms with Gasteiger partial charge >= 0.3 is 5.97 Å². The highest BCUT2D eigenvalue weighted by Gasteiger charge is 2.10. The first-order valence-corrected chi connectivity index (χ1v) is 8.71. The molecule has 1 amide bonds. The summed E-state index contributed by atoms with van der Waals surface area (Å²) in [5.41, 5.74) is 1.35. The second-order valence-electron chi connectivity index (χ2n) is 6.24. The van der Waals surface area contributed by atoms with E-state index in [-0.39, 0.29) is 24.0 Å². The molecule has 0 aromatic heterocycles. The number of carbonyl (C=O) groups is 3. The van der Waals surface area contributed by atoms with Crippen LogP contribution < -0.4 is 5.32 Å². The molecule has 6 heteroatoms. The minimum absolute atomic E-state index is 0.0312. The number of phenols is 1. The molecule has 0 saturated heterocycles. The van der Waals surface area contributed by atoms with E-state index in [9.17, 15) is 19.5 Å². The van der Waals surface area contributed by atoms with E-state index in [2.05, 4.69) is 5.32 Å². The van der Waals surface area contributed by atoms with Gasteiger partial charge in [0, 0.05) is 12.8 Å². The van der Waals surface area contributed by atoms with Gasteiger partial charge in [0.25, 0.3) is 0 Å². The Morgan fingerprint density at radius 2 is 1.56 bits per heavy atom. The van der Waals surface area contributed by atoms with Gasteiger partial charge in [-0.05, 0) is 31.9 Å². The number of unbranched alkanes of at least 4 members (excludes halogenated alkanes) is 5. The molecule has 0 aliphatic heterocycles. The number of hydrogen-bond acceptors (Lipinski definition) is 4. The molecule has 1 aromatic carbocycles. The summed E-state index contributed by atoms with van der Waals surface area (Å²) in [6.45, 7) is 1.56. The van der Waals surface area contributed by atoms with Crippen molar-refractivity contribution in [1.82, 2.24) is 5.32 Å². The number of Topliss-reactive ketones (excluding diaryl/α,β-unsaturated/α-hetero) is 1. The van der Waals surface area contributed by atoms with E-state index in [0.717, 1.165) is 44.1 Å². The number of phenolic OH excluding ortho intramolecular Hbond substituents is 1. The second-order valence-corrected chi connectivity index (χ2v) is 6.24. The molecule has 3 N–H and O–H groups in total. The van der Waals surface area contributed by atoms with Crippen molar-refractivity contribution < 1.29 is 24.6 Å². The maximum atomic E-state index is 12.1. The van der Waals surface area contributed by atoms with E-state index in [4.69, 9.17) is 5.11 Å². The van der Waals surface area contributed by atoms with E-state index >= 15 is 0 Å². The number of aryl methyl sites for hydroxylation is 1. The largest absolute Gasteiger partial charge is 0.507 e. The van der Waals surface area contributed by atoms with Crippen LogP contribution in [0, 0.1) is 6.92 Å². The molecule has 0 fully saturated rings. The minimum atomic E-state index is -1.04. The number of carboxylic acid groups (broad SMARTS) is 1. The topological polar surface area (TPSA) is 104 Å². The second kappa shape index (κ2) is 11.2. The molecule has 25 heavy (non-hydrogen) atoms. The summed E-state index contributed by atoms with van der Waals surface area (Å²) in [5.74, 6) is -1.26. The van der Waals surface area contributed by atoms with Gasteiger partial charge < -0.3 is 15.5 Å². The quantitative estimate of drug-likeness (QED) is 0.397. The van der Waals surface area contributed by atoms with Crippen LogP contribution in [0.2, 0.25) is 0 Å². The van der Waals surface area contributed by atoms with Gasteiger partial charge in [0.05, 0.1) is 5.56 Å². The number of carbonyl (C=O) groups excluding carboxylic acids is 2. The summed E-state index contributed by atoms with van der Waals surface area (Å²) in [7, 11) is 0. The summed E-state index contributed by atoms with van der Waals surface area (Å²) < 4.78 is 0. The van der Waals surface area contributed by atoms with Gasteiger partial charge in [0.15, 0.2) is 5.78 Å². The minimum Gasteiger partial charge on any atom is -0.507 e. The summed E-state index contributed by atoms with van der Waals surface area (Å²) in [6, 6.07) is 5.04. The lowest BCUT2D eigenvalue weighted by Crippen LogP contribution is -2.28. The maximum absolute atomic E-state index is 12.1. The molecule has 0 spiro atoms. The van der Waals surface area contributed by atoms with Crippen LogP contribution in [0.3, 0.4) is 0 Å². The zero-order chi connectivity index (χ0) is 18.7. The Labute approximate surface area is 148 Å². The van der Waals surface area contributed by atoms with Crippen LogP contribution in [0.4, 0.5) is 0 Å². The molecule has 6 nitrogen and oxygen atoms in total. The standard InChI is InChI=1S/C19H27NO5/c1-14-10-11-17(22)15(12-14)16(21)8-6-4-2-3-5-7-9-18(23)20-13-19(24)25/h10-12,22H,2-9,13H2,1H3,(H,20,23)(H,24,25). The van der Waals surface area contributed by atoms with Crippen molar-refractivity contribution >= 4 is 17.7 Å². The summed E-state index contributed by atoms with van der Waals surface area (Å²) >= 11 is 0. The van der Waals surface area contributed by atoms with E-state index in [1.54, 1.807) is 18.2 Å². The highest BCUT2D eigenvalue weighted by Crippen LogP contribution is 2.21. The molecule has 0 bridgehead atoms. The monoisotopic (exact) mass is 349 g/mol. The number of benzene rings is 1. The highest BCUT2D eigenvalue weighted by molar-refractivity contribution is 5.98. The first-order chi connectivity index (χ1) is 11.9. The number of nitrogens with one attached hydrogen (secondary N) is 1. The lowest BCUT2D eigenvalue weighted by Gasteiger charge is -2.05. The summed E-state index contributed by atoms with van der Waals surface area (Å²) in [6.07, 6.45) is 6.11. The molecule has 0 heterocycles. The average molecular weight is 349 g/mol. The van der Waals surface area contributed by atoms with Gasteiger partial charge in [-0.1, -0.05) is 37.3 Å². The first kappa shape index (κ1) is 20.7. The van der Waals surface area contributed by atoms with Gasteiger partial charge in [-0.2, -0.15) is 0 Å². The van der Waals surface area contributed by atoms with Gasteiger partial charge in [0.2, 0.25) is 5.91 Å². The number of hydrogen-bond donors (Lipinski definition) is 3. The fourth-order valence-electron chi connectivity index (χ4n) is 2.55. The van der Waals surface area contributed by atoms with E-state index in [1.807, 2.05) is 6.92 Å². The molecule has 0 saturated carbocycles. The van der Waals surface area contributed by atoms with Gasteiger partial charge in [-0.25, -0.2) is 0 Å². The Bertz CT molecular complexity index is 597. The maximum Gasteiger partial charge on any atom is 0.322 e. The fourth-order valence-corrected chi connectivity index (χ4v) is 2.55. The molecule has 1 aromatic rings. The Balaban J connectivity index is 2.07. The number of aliphatic carboxylic acids is 1. The highest BCUT2D eigenvalue weighted by atomic mass is 16.4. The normalized spacial score (nSPS) is 10.4. The van der Waals surface area contributed by atoms with Crippen molar-refractivity contribution in [2.75, 3.05) is 6.54 Å². The Morgan fingerprint density at radius 1 is 0.960 bits per heavy atom. The van der Waals surface area contributed by atoms with Crippen LogP contribution in [-0.4, -0.2) is 34.4 Å². The number of carboxylic acids is 1. The van der Waals surface area contributed by atoms with Crippen molar-refractivity contribution in [2.24, 2.45) is 0 Å². The van der Waals surface area contributed by atoms with Crippen molar-refractivity contribution in [2.45, 2.75) is 58.3 Å². The molecule has 0 radical (unpaired) electrons. The molecule has 0 aliphatic carbocycles. The molecule has 0 aliphatic rings. The molecule has 138 valence electrons. The van der Waals surface area contributed by atoms with Crippen LogP contribution in [0.25, 0.3) is 0 Å². The molecule has 1 rings (SSSR count). The molecular formula is C19H27NO5. The zero-order valence-corrected chi connectivity index (χ0v) is 14.7. The third-order valence-electron chi connectivity index (χ3n) is 3.95. The smallest absolute Gasteiger partial charge is 0.322 e. The fraction of sp³-hybridized carbons (Fsp3) is 0.526. The number of aromatic hydroxyl groups is 1. The number of rotatable bonds is 12. The van der Waals surface area contributed by atoms with Crippen molar-refractivity contribution in [3.8, 4) is 5.75 Å². The van der Waals surface area contributed by atoms with Crippen molar-refractivity contribution in [1.29, 1.82) is 0 Å². The molecule has 0 atom stereocenters. The first-order valence-electron chi connectivity index (χ1n) is 8.71. The van der Waals surface area contributed by atoms with E-state index < -0.39 is 5.97 Å². The summed E-state index contributed by atoms with van der Waals surface area (Å²) in [4.78, 5) is 33.7. The van der Waals surface area contributed by atoms with Gasteiger partial charge in [0.1, 0.15) is 12.3 Å². The zero-order valence-electron chi connectivity index (χ0n) is 14.7. The van der Waals surface area contributed by atoms with Gasteiger partial charge in [-0.3, -0.25) is 14.4 Å². The third-order valence-corrected chi connectivity index (χ3v) is 3.95. The Hall–Kier alpha value is -2.37. The third kappa shape index (κ3) is 8.88. The predicted octanol–water partition coefficient (Wildman–Crippen LogP) is 3.20. The van der Waals surface area contributed by atoms with Crippen molar-refractivity contribution in [3.05, 3.63) is 29.3 Å². The average Bonchev–Trinajstić information content (AvgIpc) is 2.57. The number of amides is 1. The Morgan fingerprint density at radius 3 is 2.20 bits per heavy atom. The van der Waals surface area contributed by atoms with Crippen LogP contribution in [0.5, 0.6) is 5.75 Å².